The number of carbonyl (C=O) groups is 1. The molecule has 0 saturated carbocycles. The number of aryl methyl sites for hydroxylation is 1. The van der Waals surface area contributed by atoms with Crippen LogP contribution in [0.4, 0.5) is 29.1 Å². The van der Waals surface area contributed by atoms with Crippen LogP contribution in [0.15, 0.2) is 47.3 Å². The summed E-state index contributed by atoms with van der Waals surface area (Å²) in [6.07, 6.45) is 3.46. The van der Waals surface area contributed by atoms with Crippen LogP contribution in [0.25, 0.3) is 11.5 Å². The number of rotatable bonds is 4. The van der Waals surface area contributed by atoms with Crippen LogP contribution in [0.2, 0.25) is 0 Å². The van der Waals surface area contributed by atoms with Gasteiger partial charge in [-0.1, -0.05) is 5.87 Å². The van der Waals surface area contributed by atoms with Gasteiger partial charge in [-0.3, -0.25) is 9.20 Å². The lowest BCUT2D eigenvalue weighted by molar-refractivity contribution is -0.143. The number of pyridine rings is 2. The summed E-state index contributed by atoms with van der Waals surface area (Å²) in [5.41, 5.74) is -1.38. The van der Waals surface area contributed by atoms with Gasteiger partial charge in [0, 0.05) is 12.4 Å². The predicted molar refractivity (Wildman–Crippen MR) is 123 cm³/mol. The molecule has 0 aliphatic heterocycles. The molecule has 0 unspecified atom stereocenters. The van der Waals surface area contributed by atoms with Crippen molar-refractivity contribution in [3.63, 3.8) is 0 Å². The molecule has 0 aromatic carbocycles. The Morgan fingerprint density at radius 2 is 1.94 bits per heavy atom. The Labute approximate surface area is 191 Å². The third-order valence-electron chi connectivity index (χ3n) is 4.62. The molecule has 178 valence electrons. The molecule has 1 N–H and O–H groups in total. The zero-order valence-electron chi connectivity index (χ0n) is 18.3. The normalized spacial score (nSPS) is 12.2. The Morgan fingerprint density at radius 1 is 1.21 bits per heavy atom. The van der Waals surface area contributed by atoms with Gasteiger partial charge < -0.3 is 5.32 Å². The summed E-state index contributed by atoms with van der Waals surface area (Å²) in [5.74, 6) is 2.52. The smallest absolute Gasteiger partial charge is 0.320 e. The Morgan fingerprint density at radius 3 is 2.59 bits per heavy atom. The molecule has 0 aliphatic carbocycles. The van der Waals surface area contributed by atoms with Crippen molar-refractivity contribution in [1.29, 1.82) is 0 Å². The minimum Gasteiger partial charge on any atom is -0.320 e. The summed E-state index contributed by atoms with van der Waals surface area (Å²) >= 11 is 0. The second-order valence-corrected chi connectivity index (χ2v) is 11.0. The van der Waals surface area contributed by atoms with Crippen molar-refractivity contribution in [2.75, 3.05) is 17.8 Å². The van der Waals surface area contributed by atoms with E-state index in [1.165, 1.54) is 18.6 Å². The lowest BCUT2D eigenvalue weighted by Gasteiger charge is -2.14. The summed E-state index contributed by atoms with van der Waals surface area (Å²) in [7, 11) is -1.48. The fourth-order valence-electron chi connectivity index (χ4n) is 3.27. The van der Waals surface area contributed by atoms with E-state index in [0.29, 0.717) is 16.1 Å². The monoisotopic (exact) mass is 493 g/mol. The van der Waals surface area contributed by atoms with E-state index in [2.05, 4.69) is 30.6 Å². The highest BCUT2D eigenvalue weighted by atomic mass is 32.2. The molecule has 4 aromatic heterocycles. The van der Waals surface area contributed by atoms with Gasteiger partial charge in [0.15, 0.2) is 23.0 Å². The largest absolute Gasteiger partial charge is 0.434 e. The maximum absolute atomic E-state index is 14.0. The van der Waals surface area contributed by atoms with Crippen LogP contribution in [0.3, 0.4) is 0 Å². The van der Waals surface area contributed by atoms with E-state index in [0.717, 1.165) is 22.7 Å². The van der Waals surface area contributed by atoms with E-state index in [-0.39, 0.29) is 17.2 Å². The fraction of sp³-hybridized carbons (Fsp3) is 0.190. The topological polar surface area (TPSA) is 89.5 Å². The molecule has 4 aromatic rings. The third kappa shape index (κ3) is 4.51. The maximum atomic E-state index is 14.0. The number of halogens is 4. The van der Waals surface area contributed by atoms with Crippen molar-refractivity contribution in [2.24, 2.45) is 4.36 Å². The highest BCUT2D eigenvalue weighted by molar-refractivity contribution is 8.01. The van der Waals surface area contributed by atoms with Gasteiger partial charge >= 0.3 is 6.18 Å². The molecule has 1 amide bonds. The molecule has 13 heteroatoms. The first kappa shape index (κ1) is 23.4. The molecule has 0 saturated heterocycles. The van der Waals surface area contributed by atoms with Gasteiger partial charge in [-0.05, 0) is 43.2 Å². The Bertz CT molecular complexity index is 1540. The van der Waals surface area contributed by atoms with Gasteiger partial charge in [-0.15, -0.1) is 9.41 Å². The number of hydrogen-bond donors (Lipinski definition) is 1. The van der Waals surface area contributed by atoms with Gasteiger partial charge in [-0.2, -0.15) is 18.3 Å². The number of carbonyl (C=O) groups excluding carboxylic acids is 1. The number of amides is 1. The molecule has 8 nitrogen and oxygen atoms in total. The Kier molecular flexibility index (Phi) is 5.67. The first-order valence-corrected chi connectivity index (χ1v) is 12.3. The first-order chi connectivity index (χ1) is 15.8. The number of alkyl halides is 3. The molecular formula is C21H19F4N7OS. The number of nitrogens with zero attached hydrogens (tertiary/aromatic N) is 6. The van der Waals surface area contributed by atoms with E-state index >= 15 is 0 Å². The van der Waals surface area contributed by atoms with Gasteiger partial charge in [0.05, 0.1) is 23.6 Å². The fourth-order valence-corrected chi connectivity index (χ4v) is 3.92. The molecule has 4 heterocycles. The van der Waals surface area contributed by atoms with Gasteiger partial charge in [-0.25, -0.2) is 23.4 Å². The van der Waals surface area contributed by atoms with Crippen LogP contribution in [-0.4, -0.2) is 48.4 Å². The average molecular weight is 493 g/mol. The Balaban J connectivity index is 1.74. The van der Waals surface area contributed by atoms with Crippen molar-refractivity contribution < 1.29 is 22.4 Å². The molecule has 0 spiro atoms. The molecule has 34 heavy (non-hydrogen) atoms. The molecule has 0 radical (unpaired) electrons. The van der Waals surface area contributed by atoms with Crippen LogP contribution in [0, 0.1) is 12.7 Å². The predicted octanol–water partition coefficient (Wildman–Crippen LogP) is 4.29. The van der Waals surface area contributed by atoms with E-state index in [9.17, 15) is 22.4 Å². The molecule has 0 bridgehead atoms. The van der Waals surface area contributed by atoms with E-state index < -0.39 is 38.6 Å². The maximum Gasteiger partial charge on any atom is 0.434 e. The number of nitrogens with one attached hydrogen (secondary N) is 1. The molecule has 0 aliphatic rings. The molecular weight excluding hydrogens is 474 g/mol. The van der Waals surface area contributed by atoms with Crippen molar-refractivity contribution in [3.8, 4) is 5.82 Å². The lowest BCUT2D eigenvalue weighted by atomic mass is 10.2. The number of anilines is 1. The molecule has 4 rings (SSSR count). The van der Waals surface area contributed by atoms with Gasteiger partial charge in [0.2, 0.25) is 0 Å². The number of aromatic nitrogens is 5. The summed E-state index contributed by atoms with van der Waals surface area (Å²) in [4.78, 5) is 20.8. The first-order valence-electron chi connectivity index (χ1n) is 9.69. The minimum atomic E-state index is -4.94. The van der Waals surface area contributed by atoms with Gasteiger partial charge in [0.25, 0.3) is 5.91 Å². The van der Waals surface area contributed by atoms with Crippen LogP contribution in [-0.2, 0) is 15.6 Å². The van der Waals surface area contributed by atoms with Crippen LogP contribution >= 0.6 is 0 Å². The zero-order valence-corrected chi connectivity index (χ0v) is 19.1. The number of imidazole rings is 1. The average Bonchev–Trinajstić information content (AvgIpc) is 3.37. The summed E-state index contributed by atoms with van der Waals surface area (Å²) < 4.78 is 62.2. The SMILES string of the molecule is C=S(C)(C)=Nc1ncc(NC(=O)c2cnn(-c3ccc(F)c4nccn34)c2C(F)(F)F)cc1C. The third-order valence-corrected chi connectivity index (χ3v) is 5.29. The van der Waals surface area contributed by atoms with Crippen molar-refractivity contribution in [3.05, 3.63) is 65.6 Å². The standard InChI is InChI=1S/C21H19F4N7OS/c1-12-9-13(10-27-18(12)30-34(2,3)4)29-20(33)14-11-28-32(17(14)21(23,24)25)16-6-5-15(22)19-26-7-8-31(16)19/h5-11H,2H2,1,3-4H3,(H,29,33). The van der Waals surface area contributed by atoms with Crippen LogP contribution in [0.5, 0.6) is 0 Å². The second kappa shape index (κ2) is 8.24. The van der Waals surface area contributed by atoms with Crippen molar-refractivity contribution in [1.82, 2.24) is 24.1 Å². The summed E-state index contributed by atoms with van der Waals surface area (Å²) in [6, 6.07) is 3.66. The number of hydrogen-bond acceptors (Lipinski definition) is 5. The van der Waals surface area contributed by atoms with E-state index in [4.69, 9.17) is 0 Å². The number of fused-ring (bicyclic) bond motifs is 1. The minimum absolute atomic E-state index is 0.137. The summed E-state index contributed by atoms with van der Waals surface area (Å²) in [5, 5.41) is 6.20. The van der Waals surface area contributed by atoms with E-state index in [1.54, 1.807) is 13.0 Å². The summed E-state index contributed by atoms with van der Waals surface area (Å²) in [6.45, 7) is 1.72. The highest BCUT2D eigenvalue weighted by Crippen LogP contribution is 2.34. The molecule has 0 atom stereocenters. The van der Waals surface area contributed by atoms with Crippen molar-refractivity contribution >= 4 is 38.3 Å². The van der Waals surface area contributed by atoms with Gasteiger partial charge in [0.1, 0.15) is 5.82 Å². The van der Waals surface area contributed by atoms with E-state index in [1.807, 2.05) is 12.5 Å². The zero-order chi connectivity index (χ0) is 24.8. The lowest BCUT2D eigenvalue weighted by Crippen LogP contribution is -2.21. The Hall–Kier alpha value is -3.74. The highest BCUT2D eigenvalue weighted by Gasteiger charge is 2.41. The quantitative estimate of drug-likeness (QED) is 0.339. The van der Waals surface area contributed by atoms with Crippen molar-refractivity contribution in [2.45, 2.75) is 13.1 Å². The second-order valence-electron chi connectivity index (χ2n) is 7.87. The van der Waals surface area contributed by atoms with Crippen LogP contribution in [0.1, 0.15) is 21.6 Å². The van der Waals surface area contributed by atoms with Crippen LogP contribution < -0.4 is 5.32 Å². The molecule has 0 fully saturated rings.